The highest BCUT2D eigenvalue weighted by atomic mass is 16.5. The zero-order valence-electron chi connectivity index (χ0n) is 13.2. The molecule has 120 valence electrons. The normalized spacial score (nSPS) is 15.8. The van der Waals surface area contributed by atoms with Crippen molar-refractivity contribution in [2.75, 3.05) is 0 Å². The molecule has 1 aromatic carbocycles. The Bertz CT molecular complexity index is 642. The van der Waals surface area contributed by atoms with Crippen LogP contribution in [-0.4, -0.2) is 10.9 Å². The van der Waals surface area contributed by atoms with Crippen LogP contribution in [0.1, 0.15) is 60.4 Å². The predicted molar refractivity (Wildman–Crippen MR) is 89.7 cm³/mol. The average Bonchev–Trinajstić information content (AvgIpc) is 2.85. The number of hydrogen-bond acceptors (Lipinski definition) is 3. The summed E-state index contributed by atoms with van der Waals surface area (Å²) in [4.78, 5) is 15.1. The molecule has 1 heterocycles. The molecule has 2 N–H and O–H groups in total. The number of ether oxygens (including phenoxy) is 1. The smallest absolute Gasteiger partial charge is 0.250 e. The Morgan fingerprint density at radius 2 is 1.70 bits per heavy atom. The fourth-order valence-electron chi connectivity index (χ4n) is 3.13. The van der Waals surface area contributed by atoms with Crippen molar-refractivity contribution in [3.63, 3.8) is 0 Å². The molecular formula is C19H22N2O2. The first-order valence-electron chi connectivity index (χ1n) is 8.26. The number of primary amides is 1. The van der Waals surface area contributed by atoms with E-state index >= 15 is 0 Å². The van der Waals surface area contributed by atoms with Crippen molar-refractivity contribution in [2.45, 2.75) is 44.4 Å². The Labute approximate surface area is 136 Å². The van der Waals surface area contributed by atoms with Gasteiger partial charge in [0.2, 0.25) is 11.8 Å². The number of amides is 1. The highest BCUT2D eigenvalue weighted by Crippen LogP contribution is 2.32. The molecule has 1 fully saturated rings. The molecule has 4 nitrogen and oxygen atoms in total. The van der Waals surface area contributed by atoms with E-state index in [0.29, 0.717) is 17.4 Å². The van der Waals surface area contributed by atoms with Crippen LogP contribution >= 0.6 is 0 Å². The summed E-state index contributed by atoms with van der Waals surface area (Å²) in [5.74, 6) is 1.40. The second kappa shape index (κ2) is 7.27. The maximum atomic E-state index is 11.0. The van der Waals surface area contributed by atoms with Crippen LogP contribution in [0.25, 0.3) is 0 Å². The van der Waals surface area contributed by atoms with Crippen molar-refractivity contribution in [2.24, 2.45) is 5.73 Å². The van der Waals surface area contributed by atoms with Gasteiger partial charge in [-0.3, -0.25) is 4.79 Å². The molecule has 1 aliphatic carbocycles. The van der Waals surface area contributed by atoms with Crippen LogP contribution in [0, 0.1) is 0 Å². The first-order valence-corrected chi connectivity index (χ1v) is 8.26. The number of nitrogens with zero attached hydrogens (tertiary/aromatic N) is 1. The van der Waals surface area contributed by atoms with Crippen molar-refractivity contribution in [1.82, 2.24) is 4.98 Å². The topological polar surface area (TPSA) is 65.2 Å². The maximum absolute atomic E-state index is 11.0. The first kappa shape index (κ1) is 15.5. The Kier molecular flexibility index (Phi) is 4.91. The number of nitrogens with two attached hydrogens (primary N) is 1. The lowest BCUT2D eigenvalue weighted by molar-refractivity contribution is 0.1000. The summed E-state index contributed by atoms with van der Waals surface area (Å²) < 4.78 is 5.72. The fourth-order valence-corrected chi connectivity index (χ4v) is 3.13. The molecule has 0 radical (unpaired) electrons. The minimum absolute atomic E-state index is 0.376. The molecule has 0 unspecified atom stereocenters. The molecule has 0 saturated heterocycles. The van der Waals surface area contributed by atoms with E-state index < -0.39 is 5.91 Å². The van der Waals surface area contributed by atoms with Gasteiger partial charge in [-0.25, -0.2) is 4.98 Å². The molecule has 3 rings (SSSR count). The van der Waals surface area contributed by atoms with Gasteiger partial charge in [0.1, 0.15) is 5.75 Å². The van der Waals surface area contributed by atoms with Gasteiger partial charge in [-0.1, -0.05) is 37.8 Å². The Balaban J connectivity index is 1.65. The molecule has 1 aromatic heterocycles. The van der Waals surface area contributed by atoms with Crippen LogP contribution in [0.4, 0.5) is 0 Å². The summed E-state index contributed by atoms with van der Waals surface area (Å²) in [6, 6.07) is 11.6. The second-order valence-electron chi connectivity index (χ2n) is 6.11. The summed E-state index contributed by atoms with van der Waals surface area (Å²) in [6.07, 6.45) is 9.40. The Morgan fingerprint density at radius 1 is 1.00 bits per heavy atom. The molecule has 2 aromatic rings. The van der Waals surface area contributed by atoms with E-state index in [1.807, 2.05) is 12.1 Å². The lowest BCUT2D eigenvalue weighted by Gasteiger charge is -2.15. The van der Waals surface area contributed by atoms with Crippen LogP contribution < -0.4 is 10.5 Å². The summed E-state index contributed by atoms with van der Waals surface area (Å²) in [5, 5.41) is 0. The Hall–Kier alpha value is -2.36. The molecule has 1 saturated carbocycles. The monoisotopic (exact) mass is 310 g/mol. The van der Waals surface area contributed by atoms with E-state index in [2.05, 4.69) is 17.1 Å². The van der Waals surface area contributed by atoms with Crippen LogP contribution in [0.2, 0.25) is 0 Å². The van der Waals surface area contributed by atoms with Crippen molar-refractivity contribution in [1.29, 1.82) is 0 Å². The third-order valence-electron chi connectivity index (χ3n) is 4.45. The van der Waals surface area contributed by atoms with E-state index in [9.17, 15) is 4.79 Å². The number of aromatic nitrogens is 1. The van der Waals surface area contributed by atoms with Gasteiger partial charge in [-0.15, -0.1) is 0 Å². The molecule has 1 amide bonds. The lowest BCUT2D eigenvalue weighted by atomic mass is 9.92. The SMILES string of the molecule is NC(=O)c1ccc(Oc2ccc(C3CCCCCC3)cc2)nc1. The molecule has 0 atom stereocenters. The van der Waals surface area contributed by atoms with Crippen LogP contribution in [0.15, 0.2) is 42.6 Å². The van der Waals surface area contributed by atoms with Crippen LogP contribution in [0.5, 0.6) is 11.6 Å². The highest BCUT2D eigenvalue weighted by Gasteiger charge is 2.14. The van der Waals surface area contributed by atoms with Crippen molar-refractivity contribution >= 4 is 5.91 Å². The number of carbonyl (C=O) groups excluding carboxylic acids is 1. The number of benzene rings is 1. The number of carbonyl (C=O) groups is 1. The minimum atomic E-state index is -0.489. The van der Waals surface area contributed by atoms with Gasteiger partial charge in [-0.2, -0.15) is 0 Å². The number of pyridine rings is 1. The van der Waals surface area contributed by atoms with Gasteiger partial charge in [-0.05, 0) is 42.5 Å². The molecule has 0 bridgehead atoms. The van der Waals surface area contributed by atoms with E-state index in [0.717, 1.165) is 5.75 Å². The van der Waals surface area contributed by atoms with Gasteiger partial charge in [0.25, 0.3) is 0 Å². The number of rotatable bonds is 4. The summed E-state index contributed by atoms with van der Waals surface area (Å²) in [5.41, 5.74) is 6.97. The Morgan fingerprint density at radius 3 is 2.26 bits per heavy atom. The van der Waals surface area contributed by atoms with Crippen molar-refractivity contribution in [3.05, 3.63) is 53.7 Å². The second-order valence-corrected chi connectivity index (χ2v) is 6.11. The van der Waals surface area contributed by atoms with E-state index in [4.69, 9.17) is 10.5 Å². The zero-order chi connectivity index (χ0) is 16.1. The largest absolute Gasteiger partial charge is 0.439 e. The molecule has 1 aliphatic rings. The average molecular weight is 310 g/mol. The molecule has 0 spiro atoms. The van der Waals surface area contributed by atoms with E-state index in [1.165, 1.54) is 50.3 Å². The maximum Gasteiger partial charge on any atom is 0.250 e. The van der Waals surface area contributed by atoms with Crippen LogP contribution in [-0.2, 0) is 0 Å². The molecule has 0 aliphatic heterocycles. The fraction of sp³-hybridized carbons (Fsp3) is 0.368. The summed E-state index contributed by atoms with van der Waals surface area (Å²) in [6.45, 7) is 0. The van der Waals surface area contributed by atoms with Gasteiger partial charge >= 0.3 is 0 Å². The van der Waals surface area contributed by atoms with E-state index in [1.54, 1.807) is 12.1 Å². The molecule has 23 heavy (non-hydrogen) atoms. The lowest BCUT2D eigenvalue weighted by Crippen LogP contribution is -2.10. The quantitative estimate of drug-likeness (QED) is 0.851. The van der Waals surface area contributed by atoms with Gasteiger partial charge < -0.3 is 10.5 Å². The zero-order valence-corrected chi connectivity index (χ0v) is 13.2. The third kappa shape index (κ3) is 4.09. The summed E-state index contributed by atoms with van der Waals surface area (Å²) >= 11 is 0. The highest BCUT2D eigenvalue weighted by molar-refractivity contribution is 5.92. The van der Waals surface area contributed by atoms with Gasteiger partial charge in [0, 0.05) is 12.3 Å². The first-order chi connectivity index (χ1) is 11.2. The third-order valence-corrected chi connectivity index (χ3v) is 4.45. The van der Waals surface area contributed by atoms with Gasteiger partial charge in [0.15, 0.2) is 0 Å². The minimum Gasteiger partial charge on any atom is -0.439 e. The number of hydrogen-bond donors (Lipinski definition) is 1. The van der Waals surface area contributed by atoms with E-state index in [-0.39, 0.29) is 0 Å². The molecular weight excluding hydrogens is 288 g/mol. The molecule has 4 heteroatoms. The van der Waals surface area contributed by atoms with Crippen molar-refractivity contribution in [3.8, 4) is 11.6 Å². The summed E-state index contributed by atoms with van der Waals surface area (Å²) in [7, 11) is 0. The van der Waals surface area contributed by atoms with Crippen molar-refractivity contribution < 1.29 is 9.53 Å². The predicted octanol–water partition coefficient (Wildman–Crippen LogP) is 4.41. The van der Waals surface area contributed by atoms with Crippen LogP contribution in [0.3, 0.4) is 0 Å². The standard InChI is InChI=1S/C19H22N2O2/c20-19(22)16-9-12-18(21-13-16)23-17-10-7-15(8-11-17)14-5-3-1-2-4-6-14/h7-14H,1-6H2,(H2,20,22). The van der Waals surface area contributed by atoms with Gasteiger partial charge in [0.05, 0.1) is 5.56 Å².